The predicted octanol–water partition coefficient (Wildman–Crippen LogP) is 2.73. The number of aliphatic carboxylic acids is 1. The second-order valence-corrected chi connectivity index (χ2v) is 7.54. The maximum Gasteiger partial charge on any atom is 0.324 e. The summed E-state index contributed by atoms with van der Waals surface area (Å²) in [5.74, 6) is 0.0669. The van der Waals surface area contributed by atoms with Crippen molar-refractivity contribution in [2.75, 3.05) is 26.2 Å². The number of hydrogen-bond acceptors (Lipinski definition) is 3. The molecule has 0 radical (unpaired) electrons. The quantitative estimate of drug-likeness (QED) is 0.837. The lowest BCUT2D eigenvalue weighted by atomic mass is 9.65. The van der Waals surface area contributed by atoms with Gasteiger partial charge in [-0.25, -0.2) is 0 Å². The van der Waals surface area contributed by atoms with Crippen LogP contribution in [0.1, 0.15) is 59.3 Å². The Bertz CT molecular complexity index is 352. The van der Waals surface area contributed by atoms with E-state index in [-0.39, 0.29) is 0 Å². The van der Waals surface area contributed by atoms with E-state index in [0.29, 0.717) is 11.3 Å². The van der Waals surface area contributed by atoms with E-state index in [4.69, 9.17) is 0 Å². The molecule has 1 saturated carbocycles. The van der Waals surface area contributed by atoms with E-state index < -0.39 is 11.5 Å². The molecule has 0 aromatic carbocycles. The lowest BCUT2D eigenvalue weighted by Gasteiger charge is -2.47. The topological polar surface area (TPSA) is 52.6 Å². The maximum atomic E-state index is 12.1. The van der Waals surface area contributed by atoms with Gasteiger partial charge in [0.25, 0.3) is 0 Å². The van der Waals surface area contributed by atoms with Crippen LogP contribution in [-0.4, -0.2) is 47.7 Å². The van der Waals surface area contributed by atoms with Gasteiger partial charge in [-0.15, -0.1) is 0 Å². The summed E-state index contributed by atoms with van der Waals surface area (Å²) in [7, 11) is 0. The average molecular weight is 296 g/mol. The number of carbonyl (C=O) groups is 1. The monoisotopic (exact) mass is 296 g/mol. The summed E-state index contributed by atoms with van der Waals surface area (Å²) in [6.07, 6.45) is 5.96. The van der Waals surface area contributed by atoms with Crippen molar-refractivity contribution in [3.05, 3.63) is 0 Å². The highest BCUT2D eigenvalue weighted by atomic mass is 16.4. The van der Waals surface area contributed by atoms with Crippen LogP contribution < -0.4 is 5.32 Å². The fourth-order valence-electron chi connectivity index (χ4n) is 4.10. The standard InChI is InChI=1S/C17H32N2O2/c1-4-16(2,3)14-6-8-17(9-7-14,15(20)21)19-12-5-10-18-11-13-19/h14,18H,4-13H2,1-3H3,(H,20,21). The SMILES string of the molecule is CCC(C)(C)C1CCC(C(=O)O)(N2CCCNCC2)CC1. The molecule has 0 atom stereocenters. The molecule has 0 bridgehead atoms. The minimum Gasteiger partial charge on any atom is -0.480 e. The zero-order valence-electron chi connectivity index (χ0n) is 14.0. The first kappa shape index (κ1) is 16.8. The highest BCUT2D eigenvalue weighted by Gasteiger charge is 2.48. The van der Waals surface area contributed by atoms with Crippen LogP contribution in [0, 0.1) is 11.3 Å². The first-order chi connectivity index (χ1) is 9.92. The Morgan fingerprint density at radius 1 is 1.29 bits per heavy atom. The Hall–Kier alpha value is -0.610. The van der Waals surface area contributed by atoms with Gasteiger partial charge in [0, 0.05) is 19.6 Å². The summed E-state index contributed by atoms with van der Waals surface area (Å²) in [6, 6.07) is 0. The van der Waals surface area contributed by atoms with E-state index in [1.807, 2.05) is 0 Å². The number of nitrogens with one attached hydrogen (secondary N) is 1. The summed E-state index contributed by atoms with van der Waals surface area (Å²) in [5, 5.41) is 13.3. The molecule has 2 aliphatic rings. The lowest BCUT2D eigenvalue weighted by Crippen LogP contribution is -2.58. The van der Waals surface area contributed by atoms with Crippen LogP contribution in [0.15, 0.2) is 0 Å². The molecule has 1 heterocycles. The minimum absolute atomic E-state index is 0.338. The van der Waals surface area contributed by atoms with Gasteiger partial charge < -0.3 is 10.4 Å². The third-order valence-electron chi connectivity index (χ3n) is 6.17. The normalized spacial score (nSPS) is 32.6. The van der Waals surface area contributed by atoms with Crippen molar-refractivity contribution < 1.29 is 9.90 Å². The summed E-state index contributed by atoms with van der Waals surface area (Å²) < 4.78 is 0. The van der Waals surface area contributed by atoms with Crippen molar-refractivity contribution in [1.29, 1.82) is 0 Å². The molecular formula is C17H32N2O2. The summed E-state index contributed by atoms with van der Waals surface area (Å²) in [5.41, 5.74) is -0.267. The molecule has 2 fully saturated rings. The van der Waals surface area contributed by atoms with E-state index in [1.54, 1.807) is 0 Å². The van der Waals surface area contributed by atoms with Gasteiger partial charge in [0.1, 0.15) is 5.54 Å². The van der Waals surface area contributed by atoms with Gasteiger partial charge >= 0.3 is 5.97 Å². The molecule has 2 rings (SSSR count). The van der Waals surface area contributed by atoms with Gasteiger partial charge in [0.15, 0.2) is 0 Å². The minimum atomic E-state index is -0.605. The fraction of sp³-hybridized carbons (Fsp3) is 0.941. The van der Waals surface area contributed by atoms with Crippen LogP contribution in [0.25, 0.3) is 0 Å². The molecule has 122 valence electrons. The van der Waals surface area contributed by atoms with Gasteiger partial charge in [0.2, 0.25) is 0 Å². The summed E-state index contributed by atoms with van der Waals surface area (Å²) in [6.45, 7) is 10.6. The number of carboxylic acid groups (broad SMARTS) is 1. The Balaban J connectivity index is 2.09. The van der Waals surface area contributed by atoms with Crippen LogP contribution in [0.5, 0.6) is 0 Å². The van der Waals surface area contributed by atoms with Gasteiger partial charge in [0.05, 0.1) is 0 Å². The molecular weight excluding hydrogens is 264 g/mol. The Morgan fingerprint density at radius 2 is 1.95 bits per heavy atom. The number of carboxylic acids is 1. The molecule has 1 saturated heterocycles. The smallest absolute Gasteiger partial charge is 0.324 e. The molecule has 4 nitrogen and oxygen atoms in total. The van der Waals surface area contributed by atoms with Gasteiger partial charge in [-0.3, -0.25) is 9.69 Å². The van der Waals surface area contributed by atoms with E-state index in [1.165, 1.54) is 6.42 Å². The first-order valence-corrected chi connectivity index (χ1v) is 8.61. The molecule has 1 aliphatic heterocycles. The zero-order valence-corrected chi connectivity index (χ0v) is 14.0. The van der Waals surface area contributed by atoms with Gasteiger partial charge in [-0.2, -0.15) is 0 Å². The van der Waals surface area contributed by atoms with Crippen LogP contribution >= 0.6 is 0 Å². The summed E-state index contributed by atoms with van der Waals surface area (Å²) >= 11 is 0. The van der Waals surface area contributed by atoms with Gasteiger partial charge in [-0.05, 0) is 50.0 Å². The van der Waals surface area contributed by atoms with Crippen molar-refractivity contribution in [2.24, 2.45) is 11.3 Å². The number of nitrogens with zero attached hydrogens (tertiary/aromatic N) is 1. The molecule has 0 amide bonds. The van der Waals surface area contributed by atoms with Crippen molar-refractivity contribution in [2.45, 2.75) is 64.8 Å². The second-order valence-electron chi connectivity index (χ2n) is 7.54. The molecule has 2 N–H and O–H groups in total. The Morgan fingerprint density at radius 3 is 2.52 bits per heavy atom. The third-order valence-corrected chi connectivity index (χ3v) is 6.17. The Labute approximate surface area is 129 Å². The van der Waals surface area contributed by atoms with E-state index in [0.717, 1.165) is 58.3 Å². The lowest BCUT2D eigenvalue weighted by molar-refractivity contribution is -0.155. The highest BCUT2D eigenvalue weighted by molar-refractivity contribution is 5.79. The molecule has 0 aromatic rings. The van der Waals surface area contributed by atoms with Crippen LogP contribution in [0.3, 0.4) is 0 Å². The largest absolute Gasteiger partial charge is 0.480 e. The second kappa shape index (κ2) is 6.66. The molecule has 0 unspecified atom stereocenters. The highest BCUT2D eigenvalue weighted by Crippen LogP contribution is 2.45. The molecule has 0 aromatic heterocycles. The molecule has 0 spiro atoms. The fourth-order valence-corrected chi connectivity index (χ4v) is 4.10. The van der Waals surface area contributed by atoms with Crippen LogP contribution in [0.4, 0.5) is 0 Å². The van der Waals surface area contributed by atoms with Gasteiger partial charge in [-0.1, -0.05) is 27.2 Å². The number of rotatable bonds is 4. The van der Waals surface area contributed by atoms with E-state index in [9.17, 15) is 9.90 Å². The summed E-state index contributed by atoms with van der Waals surface area (Å²) in [4.78, 5) is 14.3. The molecule has 21 heavy (non-hydrogen) atoms. The van der Waals surface area contributed by atoms with Crippen molar-refractivity contribution in [1.82, 2.24) is 10.2 Å². The zero-order chi connectivity index (χ0) is 15.5. The maximum absolute atomic E-state index is 12.1. The molecule has 1 aliphatic carbocycles. The number of hydrogen-bond donors (Lipinski definition) is 2. The molecule has 4 heteroatoms. The Kier molecular flexibility index (Phi) is 5.31. The van der Waals surface area contributed by atoms with Crippen LogP contribution in [0.2, 0.25) is 0 Å². The van der Waals surface area contributed by atoms with E-state index in [2.05, 4.69) is 31.0 Å². The average Bonchev–Trinajstić information content (AvgIpc) is 2.76. The predicted molar refractivity (Wildman–Crippen MR) is 85.5 cm³/mol. The van der Waals surface area contributed by atoms with Crippen molar-refractivity contribution in [3.63, 3.8) is 0 Å². The van der Waals surface area contributed by atoms with Crippen molar-refractivity contribution >= 4 is 5.97 Å². The van der Waals surface area contributed by atoms with Crippen LogP contribution in [-0.2, 0) is 4.79 Å². The van der Waals surface area contributed by atoms with Crippen molar-refractivity contribution in [3.8, 4) is 0 Å². The first-order valence-electron chi connectivity index (χ1n) is 8.61. The third kappa shape index (κ3) is 3.42. The van der Waals surface area contributed by atoms with E-state index >= 15 is 0 Å².